The maximum atomic E-state index is 11.1. The van der Waals surface area contributed by atoms with Crippen molar-refractivity contribution in [2.45, 2.75) is 51.2 Å². The van der Waals surface area contributed by atoms with Crippen molar-refractivity contribution in [3.05, 3.63) is 60.2 Å². The van der Waals surface area contributed by atoms with Gasteiger partial charge in [0.15, 0.2) is 0 Å². The van der Waals surface area contributed by atoms with Crippen molar-refractivity contribution in [2.75, 3.05) is 38.2 Å². The van der Waals surface area contributed by atoms with Crippen LogP contribution in [-0.2, 0) is 6.54 Å². The number of anilines is 1. The van der Waals surface area contributed by atoms with Gasteiger partial charge in [-0.2, -0.15) is 0 Å². The summed E-state index contributed by atoms with van der Waals surface area (Å²) in [6, 6.07) is 18.9. The van der Waals surface area contributed by atoms with Gasteiger partial charge in [-0.05, 0) is 43.4 Å². The van der Waals surface area contributed by atoms with Crippen molar-refractivity contribution < 1.29 is 9.84 Å². The summed E-state index contributed by atoms with van der Waals surface area (Å²) < 4.78 is 5.83. The van der Waals surface area contributed by atoms with Crippen molar-refractivity contribution in [3.8, 4) is 5.75 Å². The van der Waals surface area contributed by atoms with E-state index in [1.807, 2.05) is 12.1 Å². The third-order valence-corrected chi connectivity index (χ3v) is 5.97. The summed E-state index contributed by atoms with van der Waals surface area (Å²) in [7, 11) is 2.10. The van der Waals surface area contributed by atoms with Crippen LogP contribution < -0.4 is 9.64 Å². The van der Waals surface area contributed by atoms with Crippen LogP contribution in [0.15, 0.2) is 54.6 Å². The molecule has 1 aliphatic heterocycles. The molecule has 1 aliphatic rings. The molecule has 1 heterocycles. The van der Waals surface area contributed by atoms with Gasteiger partial charge in [0, 0.05) is 45.0 Å². The molecule has 4 nitrogen and oxygen atoms in total. The Kier molecular flexibility index (Phi) is 12.3. The number of piperidine rings is 1. The number of rotatable bonds is 10. The van der Waals surface area contributed by atoms with Crippen LogP contribution in [0.5, 0.6) is 5.75 Å². The monoisotopic (exact) mass is 468 g/mol. The van der Waals surface area contributed by atoms with E-state index in [9.17, 15) is 5.11 Å². The van der Waals surface area contributed by atoms with E-state index in [-0.39, 0.29) is 24.8 Å². The van der Waals surface area contributed by atoms with Gasteiger partial charge in [0.2, 0.25) is 0 Å². The van der Waals surface area contributed by atoms with E-state index in [4.69, 9.17) is 4.74 Å². The number of unbranched alkanes of at least 4 members (excludes halogenated alkanes) is 1. The number of likely N-dealkylation sites (tertiary alicyclic amines) is 1. The van der Waals surface area contributed by atoms with Gasteiger partial charge in [-0.15, -0.1) is 24.8 Å². The molecule has 2 aromatic rings. The second kappa shape index (κ2) is 13.8. The zero-order valence-electron chi connectivity index (χ0n) is 18.8. The second-order valence-electron chi connectivity index (χ2n) is 8.36. The molecule has 1 N–H and O–H groups in total. The molecule has 3 rings (SSSR count). The Bertz CT molecular complexity index is 737. The summed E-state index contributed by atoms with van der Waals surface area (Å²) >= 11 is 0. The highest BCUT2D eigenvalue weighted by Crippen LogP contribution is 2.28. The van der Waals surface area contributed by atoms with Gasteiger partial charge in [0.1, 0.15) is 5.75 Å². The highest BCUT2D eigenvalue weighted by molar-refractivity contribution is 5.85. The molecule has 1 fully saturated rings. The fourth-order valence-corrected chi connectivity index (χ4v) is 3.87. The van der Waals surface area contributed by atoms with Crippen LogP contribution in [0.3, 0.4) is 0 Å². The highest BCUT2D eigenvalue weighted by atomic mass is 35.5. The number of hydrogen-bond acceptors (Lipinski definition) is 4. The third-order valence-electron chi connectivity index (χ3n) is 5.97. The Labute approximate surface area is 200 Å². The van der Waals surface area contributed by atoms with Crippen LogP contribution >= 0.6 is 24.8 Å². The third kappa shape index (κ3) is 8.89. The van der Waals surface area contributed by atoms with E-state index in [0.29, 0.717) is 0 Å². The maximum Gasteiger partial charge on any atom is 0.121 e. The molecule has 174 valence electrons. The Balaban J connectivity index is 0.00000240. The number of hydrogen-bond donors (Lipinski definition) is 1. The van der Waals surface area contributed by atoms with Gasteiger partial charge in [-0.3, -0.25) is 4.90 Å². The molecule has 0 spiro atoms. The van der Waals surface area contributed by atoms with Crippen LogP contribution in [-0.4, -0.2) is 48.9 Å². The number of halogens is 2. The van der Waals surface area contributed by atoms with E-state index in [0.717, 1.165) is 76.3 Å². The first kappa shape index (κ1) is 27.6. The van der Waals surface area contributed by atoms with Gasteiger partial charge in [0.25, 0.3) is 0 Å². The van der Waals surface area contributed by atoms with Crippen molar-refractivity contribution >= 4 is 30.5 Å². The molecule has 0 aromatic heterocycles. The second-order valence-corrected chi connectivity index (χ2v) is 8.36. The quantitative estimate of drug-likeness (QED) is 0.462. The first-order chi connectivity index (χ1) is 14.1. The van der Waals surface area contributed by atoms with E-state index in [2.05, 4.69) is 66.2 Å². The van der Waals surface area contributed by atoms with Crippen LogP contribution in [0.4, 0.5) is 5.69 Å². The molecule has 0 unspecified atom stereocenters. The molecule has 0 radical (unpaired) electrons. The topological polar surface area (TPSA) is 35.9 Å². The Hall–Kier alpha value is -1.46. The molecular weight excluding hydrogens is 431 g/mol. The first-order valence-corrected chi connectivity index (χ1v) is 11.0. The molecule has 31 heavy (non-hydrogen) atoms. The molecule has 0 bridgehead atoms. The maximum absolute atomic E-state index is 11.1. The summed E-state index contributed by atoms with van der Waals surface area (Å²) in [5.41, 5.74) is 1.93. The standard InChI is InChI=1S/C25H36N2O2.2ClH/c1-3-4-19-29-24-12-8-11-23(20-24)26(2)16-13-25(28)14-17-27(18-15-25)21-22-9-6-5-7-10-22;;/h5-12,20,28H,3-4,13-19,21H2,1-2H3;2*1H. The van der Waals surface area contributed by atoms with Crippen molar-refractivity contribution in [3.63, 3.8) is 0 Å². The molecule has 0 atom stereocenters. The molecule has 1 saturated heterocycles. The largest absolute Gasteiger partial charge is 0.494 e. The molecular formula is C25H38Cl2N2O2. The summed E-state index contributed by atoms with van der Waals surface area (Å²) in [6.07, 6.45) is 4.70. The van der Waals surface area contributed by atoms with Gasteiger partial charge in [-0.1, -0.05) is 49.7 Å². The van der Waals surface area contributed by atoms with Crippen LogP contribution in [0, 0.1) is 0 Å². The molecule has 0 saturated carbocycles. The summed E-state index contributed by atoms with van der Waals surface area (Å²) in [5, 5.41) is 11.1. The van der Waals surface area contributed by atoms with Gasteiger partial charge in [-0.25, -0.2) is 0 Å². The van der Waals surface area contributed by atoms with Crippen LogP contribution in [0.2, 0.25) is 0 Å². The Morgan fingerprint density at radius 1 is 1.03 bits per heavy atom. The lowest BCUT2D eigenvalue weighted by Crippen LogP contribution is -2.45. The summed E-state index contributed by atoms with van der Waals surface area (Å²) in [4.78, 5) is 4.67. The Morgan fingerprint density at radius 2 is 1.74 bits per heavy atom. The SMILES string of the molecule is CCCCOc1cccc(N(C)CCC2(O)CCN(Cc3ccccc3)CC2)c1.Cl.Cl. The summed E-state index contributed by atoms with van der Waals surface area (Å²) in [6.45, 7) is 6.66. The van der Waals surface area contributed by atoms with Gasteiger partial charge in [0.05, 0.1) is 12.2 Å². The van der Waals surface area contributed by atoms with Crippen LogP contribution in [0.1, 0.15) is 44.6 Å². The number of nitrogens with zero attached hydrogens (tertiary/aromatic N) is 2. The number of benzene rings is 2. The Morgan fingerprint density at radius 3 is 2.42 bits per heavy atom. The van der Waals surface area contributed by atoms with Gasteiger partial charge < -0.3 is 14.7 Å². The molecule has 0 amide bonds. The minimum absolute atomic E-state index is 0. The predicted octanol–water partition coefficient (Wildman–Crippen LogP) is 5.56. The fraction of sp³-hybridized carbons (Fsp3) is 0.520. The van der Waals surface area contributed by atoms with Crippen LogP contribution in [0.25, 0.3) is 0 Å². The predicted molar refractivity (Wildman–Crippen MR) is 135 cm³/mol. The molecule has 2 aromatic carbocycles. The minimum Gasteiger partial charge on any atom is -0.494 e. The summed E-state index contributed by atoms with van der Waals surface area (Å²) in [5.74, 6) is 0.927. The normalized spacial score (nSPS) is 15.5. The van der Waals surface area contributed by atoms with Crippen molar-refractivity contribution in [1.29, 1.82) is 0 Å². The smallest absolute Gasteiger partial charge is 0.121 e. The number of aliphatic hydroxyl groups is 1. The van der Waals surface area contributed by atoms with E-state index >= 15 is 0 Å². The molecule has 6 heteroatoms. The lowest BCUT2D eigenvalue weighted by molar-refractivity contribution is -0.0275. The fourth-order valence-electron chi connectivity index (χ4n) is 3.87. The minimum atomic E-state index is -0.559. The number of ether oxygens (including phenoxy) is 1. The van der Waals surface area contributed by atoms with Crippen molar-refractivity contribution in [2.24, 2.45) is 0 Å². The average Bonchev–Trinajstić information content (AvgIpc) is 2.75. The van der Waals surface area contributed by atoms with E-state index in [1.54, 1.807) is 0 Å². The first-order valence-electron chi connectivity index (χ1n) is 11.0. The zero-order valence-corrected chi connectivity index (χ0v) is 20.5. The average molecular weight is 469 g/mol. The lowest BCUT2D eigenvalue weighted by Gasteiger charge is -2.39. The van der Waals surface area contributed by atoms with E-state index < -0.39 is 5.60 Å². The van der Waals surface area contributed by atoms with Crippen molar-refractivity contribution in [1.82, 2.24) is 4.90 Å². The van der Waals surface area contributed by atoms with Gasteiger partial charge >= 0.3 is 0 Å². The lowest BCUT2D eigenvalue weighted by atomic mass is 9.88. The van der Waals surface area contributed by atoms with E-state index in [1.165, 1.54) is 5.56 Å². The molecule has 0 aliphatic carbocycles. The highest BCUT2D eigenvalue weighted by Gasteiger charge is 2.32. The zero-order chi connectivity index (χ0) is 20.5.